The van der Waals surface area contributed by atoms with E-state index in [1.807, 2.05) is 36.6 Å². The minimum Gasteiger partial charge on any atom is -0.459 e. The average Bonchev–Trinajstić information content (AvgIpc) is 2.87. The molecule has 0 saturated heterocycles. The van der Waals surface area contributed by atoms with Crippen molar-refractivity contribution in [1.82, 2.24) is 4.98 Å². The number of thiazole rings is 1. The summed E-state index contributed by atoms with van der Waals surface area (Å²) in [5.74, 6) is -0.173. The topological polar surface area (TPSA) is 51.2 Å². The van der Waals surface area contributed by atoms with Crippen molar-refractivity contribution in [1.29, 1.82) is 0 Å². The summed E-state index contributed by atoms with van der Waals surface area (Å²) >= 11 is 1.50. The van der Waals surface area contributed by atoms with Crippen molar-refractivity contribution < 1.29 is 9.53 Å². The van der Waals surface area contributed by atoms with E-state index in [9.17, 15) is 4.79 Å². The molecule has 1 aromatic heterocycles. The van der Waals surface area contributed by atoms with Gasteiger partial charge in [-0.15, -0.1) is 11.3 Å². The van der Waals surface area contributed by atoms with Gasteiger partial charge in [0.2, 0.25) is 0 Å². The van der Waals surface area contributed by atoms with Crippen LogP contribution in [0.5, 0.6) is 0 Å². The molecule has 0 unspecified atom stereocenters. The third-order valence-corrected chi connectivity index (χ3v) is 3.50. The molecule has 0 aliphatic carbocycles. The van der Waals surface area contributed by atoms with Crippen molar-refractivity contribution in [3.05, 3.63) is 40.9 Å². The summed E-state index contributed by atoms with van der Waals surface area (Å²) in [6, 6.07) is 8.11. The predicted octanol–water partition coefficient (Wildman–Crippen LogP) is 4.04. The number of aryl methyl sites for hydroxylation is 1. The van der Waals surface area contributed by atoms with Gasteiger partial charge in [-0.2, -0.15) is 0 Å². The van der Waals surface area contributed by atoms with Crippen molar-refractivity contribution in [2.24, 2.45) is 0 Å². The summed E-state index contributed by atoms with van der Waals surface area (Å²) in [5.41, 5.74) is 2.99. The summed E-state index contributed by atoms with van der Waals surface area (Å²) in [4.78, 5) is 15.7. The number of esters is 1. The molecule has 2 rings (SSSR count). The number of nitrogens with one attached hydrogen (secondary N) is 1. The first kappa shape index (κ1) is 14.5. The fourth-order valence-electron chi connectivity index (χ4n) is 1.62. The number of benzene rings is 1. The highest BCUT2D eigenvalue weighted by Crippen LogP contribution is 2.21. The zero-order chi connectivity index (χ0) is 14.4. The fourth-order valence-corrected chi connectivity index (χ4v) is 2.34. The average molecular weight is 290 g/mol. The van der Waals surface area contributed by atoms with Gasteiger partial charge in [-0.05, 0) is 25.5 Å². The van der Waals surface area contributed by atoms with Crippen LogP contribution in [0.2, 0.25) is 0 Å². The zero-order valence-corrected chi connectivity index (χ0v) is 12.5. The molecular weight excluding hydrogens is 272 g/mol. The Balaban J connectivity index is 1.88. The Kier molecular flexibility index (Phi) is 5.12. The van der Waals surface area contributed by atoms with E-state index in [1.165, 1.54) is 16.9 Å². The molecule has 0 bridgehead atoms. The number of rotatable bonds is 6. The first-order valence-electron chi connectivity index (χ1n) is 6.61. The van der Waals surface area contributed by atoms with E-state index in [0.29, 0.717) is 6.42 Å². The van der Waals surface area contributed by atoms with Crippen molar-refractivity contribution in [2.45, 2.75) is 33.3 Å². The minimum atomic E-state index is -0.173. The molecule has 0 spiro atoms. The van der Waals surface area contributed by atoms with Crippen LogP contribution in [0.1, 0.15) is 31.0 Å². The van der Waals surface area contributed by atoms with Crippen LogP contribution in [0.25, 0.3) is 0 Å². The quantitative estimate of drug-likeness (QED) is 0.816. The van der Waals surface area contributed by atoms with Crippen LogP contribution in [0.3, 0.4) is 0 Å². The Morgan fingerprint density at radius 1 is 1.35 bits per heavy atom. The number of carbonyl (C=O) groups is 1. The molecule has 106 valence electrons. The van der Waals surface area contributed by atoms with Gasteiger partial charge in [0.25, 0.3) is 0 Å². The van der Waals surface area contributed by atoms with E-state index < -0.39 is 0 Å². The molecule has 1 N–H and O–H groups in total. The third-order valence-electron chi connectivity index (χ3n) is 2.69. The van der Waals surface area contributed by atoms with Crippen LogP contribution in [0.15, 0.2) is 29.6 Å². The van der Waals surface area contributed by atoms with E-state index in [4.69, 9.17) is 4.74 Å². The molecule has 1 aromatic carbocycles. The maximum absolute atomic E-state index is 11.3. The van der Waals surface area contributed by atoms with Crippen molar-refractivity contribution in [3.8, 4) is 0 Å². The minimum absolute atomic E-state index is 0.173. The lowest BCUT2D eigenvalue weighted by Gasteiger charge is -2.03. The van der Waals surface area contributed by atoms with E-state index in [2.05, 4.69) is 17.2 Å². The summed E-state index contributed by atoms with van der Waals surface area (Å²) in [7, 11) is 0. The Morgan fingerprint density at radius 2 is 2.10 bits per heavy atom. The van der Waals surface area contributed by atoms with Gasteiger partial charge < -0.3 is 10.1 Å². The van der Waals surface area contributed by atoms with Gasteiger partial charge >= 0.3 is 5.97 Å². The molecule has 1 heterocycles. The molecular formula is C15H18N2O2S. The lowest BCUT2D eigenvalue weighted by molar-refractivity contribution is -0.145. The molecule has 2 aromatic rings. The maximum atomic E-state index is 11.3. The second-order valence-corrected chi connectivity index (χ2v) is 5.40. The highest BCUT2D eigenvalue weighted by atomic mass is 32.1. The highest BCUT2D eigenvalue weighted by Gasteiger charge is 2.06. The monoisotopic (exact) mass is 290 g/mol. The molecule has 0 atom stereocenters. The number of aromatic nitrogens is 1. The standard InChI is InChI=1S/C15H18N2O2S/c1-3-4-14(18)19-9-13-10-20-15(17-13)16-12-7-5-11(2)6-8-12/h5-8,10H,3-4,9H2,1-2H3,(H,16,17). The van der Waals surface area contributed by atoms with Gasteiger partial charge in [0.05, 0.1) is 5.69 Å². The van der Waals surface area contributed by atoms with E-state index in [-0.39, 0.29) is 12.6 Å². The van der Waals surface area contributed by atoms with Crippen LogP contribution >= 0.6 is 11.3 Å². The molecule has 0 saturated carbocycles. The van der Waals surface area contributed by atoms with Gasteiger partial charge in [0, 0.05) is 17.5 Å². The zero-order valence-electron chi connectivity index (χ0n) is 11.7. The summed E-state index contributed by atoms with van der Waals surface area (Å²) in [6.07, 6.45) is 1.26. The van der Waals surface area contributed by atoms with Crippen LogP contribution in [0.4, 0.5) is 10.8 Å². The Labute approximate surface area is 122 Å². The third kappa shape index (κ3) is 4.35. The Morgan fingerprint density at radius 3 is 2.80 bits per heavy atom. The van der Waals surface area contributed by atoms with E-state index in [0.717, 1.165) is 22.9 Å². The number of carbonyl (C=O) groups excluding carboxylic acids is 1. The van der Waals surface area contributed by atoms with Crippen LogP contribution in [0, 0.1) is 6.92 Å². The van der Waals surface area contributed by atoms with Gasteiger partial charge in [-0.25, -0.2) is 4.98 Å². The van der Waals surface area contributed by atoms with Crippen LogP contribution in [-0.2, 0) is 16.1 Å². The second-order valence-electron chi connectivity index (χ2n) is 4.55. The number of ether oxygens (including phenoxy) is 1. The largest absolute Gasteiger partial charge is 0.459 e. The van der Waals surface area contributed by atoms with Crippen molar-refractivity contribution in [2.75, 3.05) is 5.32 Å². The first-order chi connectivity index (χ1) is 9.67. The number of hydrogen-bond donors (Lipinski definition) is 1. The Hall–Kier alpha value is -1.88. The molecule has 0 aliphatic rings. The highest BCUT2D eigenvalue weighted by molar-refractivity contribution is 7.13. The van der Waals surface area contributed by atoms with Crippen LogP contribution in [-0.4, -0.2) is 11.0 Å². The number of nitrogens with zero attached hydrogens (tertiary/aromatic N) is 1. The molecule has 5 heteroatoms. The second kappa shape index (κ2) is 7.05. The first-order valence-corrected chi connectivity index (χ1v) is 7.49. The molecule has 20 heavy (non-hydrogen) atoms. The lowest BCUT2D eigenvalue weighted by Crippen LogP contribution is -2.03. The van der Waals surface area contributed by atoms with Crippen molar-refractivity contribution in [3.63, 3.8) is 0 Å². The summed E-state index contributed by atoms with van der Waals surface area (Å²) in [6.45, 7) is 4.24. The lowest BCUT2D eigenvalue weighted by atomic mass is 10.2. The van der Waals surface area contributed by atoms with Gasteiger partial charge in [0.15, 0.2) is 5.13 Å². The smallest absolute Gasteiger partial charge is 0.306 e. The molecule has 0 aliphatic heterocycles. The van der Waals surface area contributed by atoms with Gasteiger partial charge in [0.1, 0.15) is 6.61 Å². The van der Waals surface area contributed by atoms with E-state index in [1.54, 1.807) is 0 Å². The number of hydrogen-bond acceptors (Lipinski definition) is 5. The molecule has 4 nitrogen and oxygen atoms in total. The SMILES string of the molecule is CCCC(=O)OCc1csc(Nc2ccc(C)cc2)n1. The van der Waals surface area contributed by atoms with Gasteiger partial charge in [-0.3, -0.25) is 4.79 Å². The van der Waals surface area contributed by atoms with Gasteiger partial charge in [-0.1, -0.05) is 24.6 Å². The molecule has 0 amide bonds. The summed E-state index contributed by atoms with van der Waals surface area (Å²) in [5, 5.41) is 5.93. The maximum Gasteiger partial charge on any atom is 0.306 e. The number of anilines is 2. The Bertz CT molecular complexity index is 564. The normalized spacial score (nSPS) is 10.3. The molecule has 0 fully saturated rings. The van der Waals surface area contributed by atoms with E-state index >= 15 is 0 Å². The van der Waals surface area contributed by atoms with Crippen molar-refractivity contribution >= 4 is 28.1 Å². The molecule has 0 radical (unpaired) electrons. The van der Waals surface area contributed by atoms with Crippen LogP contribution < -0.4 is 5.32 Å². The summed E-state index contributed by atoms with van der Waals surface area (Å²) < 4.78 is 5.13. The predicted molar refractivity (Wildman–Crippen MR) is 81.3 cm³/mol. The fraction of sp³-hybridized carbons (Fsp3) is 0.333.